The molecule has 0 aromatic heterocycles. The van der Waals surface area contributed by atoms with Crippen molar-refractivity contribution in [2.24, 2.45) is 4.99 Å². The quantitative estimate of drug-likeness (QED) is 0.603. The van der Waals surface area contributed by atoms with Crippen molar-refractivity contribution in [2.45, 2.75) is 6.92 Å². The van der Waals surface area contributed by atoms with Crippen molar-refractivity contribution in [1.82, 2.24) is 0 Å². The Morgan fingerprint density at radius 1 is 1.53 bits per heavy atom. The monoisotopic (exact) mass is 206 g/mol. The van der Waals surface area contributed by atoms with E-state index in [9.17, 15) is 9.59 Å². The number of ether oxygens (including phenoxy) is 1. The van der Waals surface area contributed by atoms with E-state index >= 15 is 0 Å². The third-order valence-corrected chi connectivity index (χ3v) is 1.67. The van der Waals surface area contributed by atoms with Gasteiger partial charge in [-0.2, -0.15) is 4.99 Å². The summed E-state index contributed by atoms with van der Waals surface area (Å²) in [5, 5.41) is 2.57. The lowest BCUT2D eigenvalue weighted by Gasteiger charge is -2.06. The molecule has 0 heterocycles. The maximum Gasteiger partial charge on any atom is 0.240 e. The molecule has 78 valence electrons. The summed E-state index contributed by atoms with van der Waals surface area (Å²) in [7, 11) is 1.47. The number of amides is 1. The molecule has 1 rings (SSSR count). The van der Waals surface area contributed by atoms with Crippen LogP contribution in [0.15, 0.2) is 23.2 Å². The van der Waals surface area contributed by atoms with Crippen molar-refractivity contribution in [3.8, 4) is 5.75 Å². The molecular formula is C10H10N2O3. The molecule has 1 N–H and O–H groups in total. The Bertz CT molecular complexity index is 423. The van der Waals surface area contributed by atoms with Crippen LogP contribution in [0.4, 0.5) is 11.4 Å². The molecule has 0 saturated heterocycles. The molecule has 0 atom stereocenters. The van der Waals surface area contributed by atoms with Crippen LogP contribution in [-0.4, -0.2) is 19.1 Å². The summed E-state index contributed by atoms with van der Waals surface area (Å²) in [5.74, 6) is 0.258. The summed E-state index contributed by atoms with van der Waals surface area (Å²) in [5.41, 5.74) is 0.885. The van der Waals surface area contributed by atoms with Crippen molar-refractivity contribution in [1.29, 1.82) is 0 Å². The van der Waals surface area contributed by atoms with Gasteiger partial charge in [0.05, 0.1) is 7.11 Å². The second kappa shape index (κ2) is 4.93. The fraction of sp³-hybridized carbons (Fsp3) is 0.200. The fourth-order valence-corrected chi connectivity index (χ4v) is 1.11. The highest BCUT2D eigenvalue weighted by molar-refractivity contribution is 5.89. The van der Waals surface area contributed by atoms with Crippen molar-refractivity contribution < 1.29 is 14.3 Å². The Morgan fingerprint density at radius 3 is 2.80 bits per heavy atom. The fourth-order valence-electron chi connectivity index (χ4n) is 1.11. The molecule has 0 radical (unpaired) electrons. The van der Waals surface area contributed by atoms with Crippen molar-refractivity contribution >= 4 is 23.4 Å². The maximum atomic E-state index is 10.8. The average molecular weight is 206 g/mol. The zero-order valence-electron chi connectivity index (χ0n) is 8.40. The third kappa shape index (κ3) is 2.93. The van der Waals surface area contributed by atoms with Gasteiger partial charge in [0.15, 0.2) is 0 Å². The standard InChI is InChI=1S/C10H10N2O3/c1-7(14)12-8-3-4-10(15-2)9(5-8)11-6-13/h3-5H,1-2H3,(H,12,14). The minimum absolute atomic E-state index is 0.193. The number of hydrogen-bond acceptors (Lipinski definition) is 4. The summed E-state index contributed by atoms with van der Waals surface area (Å²) >= 11 is 0. The molecule has 0 aliphatic carbocycles. The number of methoxy groups -OCH3 is 1. The summed E-state index contributed by atoms with van der Waals surface area (Å²) in [6.07, 6.45) is 1.42. The van der Waals surface area contributed by atoms with Crippen molar-refractivity contribution in [3.63, 3.8) is 0 Å². The zero-order chi connectivity index (χ0) is 11.3. The molecule has 0 spiro atoms. The number of nitrogens with zero attached hydrogens (tertiary/aromatic N) is 1. The highest BCUT2D eigenvalue weighted by Crippen LogP contribution is 2.29. The number of carbonyl (C=O) groups excluding carboxylic acids is 2. The SMILES string of the molecule is COc1ccc(NC(C)=O)cc1N=C=O. The molecule has 0 bridgehead atoms. The Hall–Kier alpha value is -2.13. The van der Waals surface area contributed by atoms with Gasteiger partial charge in [0, 0.05) is 12.6 Å². The van der Waals surface area contributed by atoms with E-state index < -0.39 is 0 Å². The highest BCUT2D eigenvalue weighted by Gasteiger charge is 2.03. The Kier molecular flexibility index (Phi) is 3.60. The lowest BCUT2D eigenvalue weighted by Crippen LogP contribution is -2.05. The van der Waals surface area contributed by atoms with Crippen LogP contribution < -0.4 is 10.1 Å². The largest absolute Gasteiger partial charge is 0.494 e. The summed E-state index contributed by atoms with van der Waals surface area (Å²) in [6, 6.07) is 4.80. The normalized spacial score (nSPS) is 8.93. The molecule has 0 aliphatic heterocycles. The molecule has 0 aliphatic rings. The van der Waals surface area contributed by atoms with Crippen LogP contribution >= 0.6 is 0 Å². The molecule has 1 amide bonds. The van der Waals surface area contributed by atoms with E-state index in [4.69, 9.17) is 4.74 Å². The smallest absolute Gasteiger partial charge is 0.240 e. The van der Waals surface area contributed by atoms with Gasteiger partial charge in [-0.3, -0.25) is 4.79 Å². The maximum absolute atomic E-state index is 10.8. The molecule has 1 aromatic carbocycles. The first-order chi connectivity index (χ1) is 7.17. The van der Waals surface area contributed by atoms with Crippen LogP contribution in [0.5, 0.6) is 5.75 Å². The highest BCUT2D eigenvalue weighted by atomic mass is 16.5. The van der Waals surface area contributed by atoms with Gasteiger partial charge in [-0.25, -0.2) is 4.79 Å². The minimum Gasteiger partial charge on any atom is -0.494 e. The number of aliphatic imine (C=N–C) groups is 1. The number of benzene rings is 1. The average Bonchev–Trinajstić information content (AvgIpc) is 2.18. The van der Waals surface area contributed by atoms with E-state index in [1.807, 2.05) is 0 Å². The van der Waals surface area contributed by atoms with Crippen LogP contribution in [0.1, 0.15) is 6.92 Å². The minimum atomic E-state index is -0.193. The van der Waals surface area contributed by atoms with E-state index in [-0.39, 0.29) is 5.91 Å². The van der Waals surface area contributed by atoms with Crippen LogP contribution in [0.3, 0.4) is 0 Å². The molecule has 0 unspecified atom stereocenters. The van der Waals surface area contributed by atoms with Gasteiger partial charge in [0.25, 0.3) is 0 Å². The van der Waals surface area contributed by atoms with Gasteiger partial charge in [0.2, 0.25) is 12.0 Å². The van der Waals surface area contributed by atoms with Gasteiger partial charge in [0.1, 0.15) is 11.4 Å². The van der Waals surface area contributed by atoms with Crippen molar-refractivity contribution in [3.05, 3.63) is 18.2 Å². The predicted molar refractivity (Wildman–Crippen MR) is 55.1 cm³/mol. The van der Waals surface area contributed by atoms with Crippen LogP contribution in [-0.2, 0) is 9.59 Å². The van der Waals surface area contributed by atoms with Crippen LogP contribution in [0, 0.1) is 0 Å². The molecular weight excluding hydrogens is 196 g/mol. The van der Waals surface area contributed by atoms with Gasteiger partial charge in [-0.05, 0) is 18.2 Å². The van der Waals surface area contributed by atoms with E-state index in [1.165, 1.54) is 26.2 Å². The Morgan fingerprint density at radius 2 is 2.27 bits per heavy atom. The topological polar surface area (TPSA) is 67.8 Å². The molecule has 5 heteroatoms. The number of isocyanates is 1. The zero-order valence-corrected chi connectivity index (χ0v) is 8.40. The lowest BCUT2D eigenvalue weighted by molar-refractivity contribution is -0.114. The van der Waals surface area contributed by atoms with Gasteiger partial charge >= 0.3 is 0 Å². The summed E-state index contributed by atoms with van der Waals surface area (Å²) < 4.78 is 4.97. The number of hydrogen-bond donors (Lipinski definition) is 1. The van der Waals surface area contributed by atoms with E-state index in [1.54, 1.807) is 12.1 Å². The summed E-state index contributed by atoms with van der Waals surface area (Å²) in [6.45, 7) is 1.40. The van der Waals surface area contributed by atoms with Crippen LogP contribution in [0.2, 0.25) is 0 Å². The number of anilines is 1. The van der Waals surface area contributed by atoms with E-state index in [2.05, 4.69) is 10.3 Å². The van der Waals surface area contributed by atoms with Gasteiger partial charge in [-0.1, -0.05) is 0 Å². The second-order valence-corrected chi connectivity index (χ2v) is 2.77. The molecule has 5 nitrogen and oxygen atoms in total. The summed E-state index contributed by atoms with van der Waals surface area (Å²) in [4.78, 5) is 24.4. The molecule has 15 heavy (non-hydrogen) atoms. The molecule has 0 saturated carbocycles. The second-order valence-electron chi connectivity index (χ2n) is 2.77. The van der Waals surface area contributed by atoms with Crippen LogP contribution in [0.25, 0.3) is 0 Å². The first kappa shape index (κ1) is 10.9. The first-order valence-electron chi connectivity index (χ1n) is 4.21. The third-order valence-electron chi connectivity index (χ3n) is 1.67. The first-order valence-corrected chi connectivity index (χ1v) is 4.21. The Labute approximate surface area is 86.8 Å². The number of carbonyl (C=O) groups is 1. The van der Waals surface area contributed by atoms with Gasteiger partial charge in [-0.15, -0.1) is 0 Å². The van der Waals surface area contributed by atoms with Crippen molar-refractivity contribution in [2.75, 3.05) is 12.4 Å². The lowest BCUT2D eigenvalue weighted by atomic mass is 10.2. The van der Waals surface area contributed by atoms with Gasteiger partial charge < -0.3 is 10.1 Å². The molecule has 0 fully saturated rings. The number of rotatable bonds is 3. The molecule has 1 aromatic rings. The van der Waals surface area contributed by atoms with E-state index in [0.717, 1.165) is 0 Å². The van der Waals surface area contributed by atoms with E-state index in [0.29, 0.717) is 17.1 Å². The predicted octanol–water partition coefficient (Wildman–Crippen LogP) is 1.62. The number of nitrogens with one attached hydrogen (secondary N) is 1. The Balaban J connectivity index is 3.09.